The van der Waals surface area contributed by atoms with Crippen LogP contribution in [0.2, 0.25) is 0 Å². The number of ether oxygens (including phenoxy) is 1. The zero-order valence-electron chi connectivity index (χ0n) is 11.4. The minimum absolute atomic E-state index is 0.184. The molecule has 7 nitrogen and oxygen atoms in total. The smallest absolute Gasteiger partial charge is 0.323 e. The molecule has 3 amide bonds. The van der Waals surface area contributed by atoms with E-state index < -0.39 is 17.7 Å². The standard InChI is InChI=1S/C13H17N3O4/c1-9(17)16(11-5-3-4-10(14)8-11)13(19)12(18)15-6-7-20-2/h3-5,8H,6-7,14H2,1-2H3,(H,15,18). The van der Waals surface area contributed by atoms with E-state index in [1.165, 1.54) is 26.2 Å². The average Bonchev–Trinajstić information content (AvgIpc) is 2.38. The van der Waals surface area contributed by atoms with Crippen LogP contribution < -0.4 is 16.0 Å². The SMILES string of the molecule is COCCNC(=O)C(=O)N(C(C)=O)c1cccc(N)c1. The van der Waals surface area contributed by atoms with Crippen molar-refractivity contribution >= 4 is 29.1 Å². The number of benzene rings is 1. The maximum absolute atomic E-state index is 12.0. The van der Waals surface area contributed by atoms with Gasteiger partial charge in [-0.1, -0.05) is 6.07 Å². The molecular formula is C13H17N3O4. The Hall–Kier alpha value is -2.41. The molecule has 0 fully saturated rings. The van der Waals surface area contributed by atoms with Gasteiger partial charge in [-0.15, -0.1) is 0 Å². The topological polar surface area (TPSA) is 102 Å². The summed E-state index contributed by atoms with van der Waals surface area (Å²) in [7, 11) is 1.47. The monoisotopic (exact) mass is 279 g/mol. The Balaban J connectivity index is 2.89. The molecule has 0 bridgehead atoms. The van der Waals surface area contributed by atoms with Crippen LogP contribution in [-0.2, 0) is 19.1 Å². The van der Waals surface area contributed by atoms with Crippen LogP contribution in [0.4, 0.5) is 11.4 Å². The van der Waals surface area contributed by atoms with Gasteiger partial charge in [-0.2, -0.15) is 0 Å². The van der Waals surface area contributed by atoms with Gasteiger partial charge in [0, 0.05) is 26.3 Å². The number of nitrogens with one attached hydrogen (secondary N) is 1. The van der Waals surface area contributed by atoms with E-state index in [1.807, 2.05) is 0 Å². The average molecular weight is 279 g/mol. The number of methoxy groups -OCH3 is 1. The first-order valence-corrected chi connectivity index (χ1v) is 5.94. The highest BCUT2D eigenvalue weighted by Crippen LogP contribution is 2.18. The molecule has 1 rings (SSSR count). The van der Waals surface area contributed by atoms with E-state index in [-0.39, 0.29) is 18.8 Å². The fraction of sp³-hybridized carbons (Fsp3) is 0.308. The van der Waals surface area contributed by atoms with Gasteiger partial charge in [0.2, 0.25) is 5.91 Å². The van der Waals surface area contributed by atoms with E-state index in [9.17, 15) is 14.4 Å². The van der Waals surface area contributed by atoms with Gasteiger partial charge in [-0.3, -0.25) is 14.4 Å². The van der Waals surface area contributed by atoms with Gasteiger partial charge in [0.25, 0.3) is 0 Å². The Bertz CT molecular complexity index is 516. The lowest BCUT2D eigenvalue weighted by atomic mass is 10.2. The maximum Gasteiger partial charge on any atom is 0.323 e. The van der Waals surface area contributed by atoms with Crippen LogP contribution in [0.15, 0.2) is 24.3 Å². The van der Waals surface area contributed by atoms with Crippen molar-refractivity contribution in [3.63, 3.8) is 0 Å². The molecule has 0 spiro atoms. The largest absolute Gasteiger partial charge is 0.399 e. The Labute approximate surface area is 116 Å². The molecule has 0 aliphatic carbocycles. The number of amides is 3. The van der Waals surface area contributed by atoms with Crippen molar-refractivity contribution in [1.29, 1.82) is 0 Å². The maximum atomic E-state index is 12.0. The first-order chi connectivity index (χ1) is 9.47. The lowest BCUT2D eigenvalue weighted by molar-refractivity contribution is -0.139. The highest BCUT2D eigenvalue weighted by atomic mass is 16.5. The van der Waals surface area contributed by atoms with Gasteiger partial charge in [-0.25, -0.2) is 4.90 Å². The Morgan fingerprint density at radius 2 is 2.05 bits per heavy atom. The predicted molar refractivity (Wildman–Crippen MR) is 73.9 cm³/mol. The van der Waals surface area contributed by atoms with Gasteiger partial charge in [0.05, 0.1) is 12.3 Å². The normalized spacial score (nSPS) is 9.90. The van der Waals surface area contributed by atoms with Crippen LogP contribution in [0.3, 0.4) is 0 Å². The lowest BCUT2D eigenvalue weighted by Crippen LogP contribution is -2.46. The van der Waals surface area contributed by atoms with Crippen molar-refractivity contribution in [2.75, 3.05) is 30.9 Å². The quantitative estimate of drug-likeness (QED) is 0.455. The second-order valence-electron chi connectivity index (χ2n) is 4.00. The third-order valence-electron chi connectivity index (χ3n) is 2.43. The van der Waals surface area contributed by atoms with E-state index >= 15 is 0 Å². The second-order valence-corrected chi connectivity index (χ2v) is 4.00. The molecule has 0 unspecified atom stereocenters. The van der Waals surface area contributed by atoms with Crippen LogP contribution in [-0.4, -0.2) is 38.0 Å². The summed E-state index contributed by atoms with van der Waals surface area (Å²) in [6, 6.07) is 6.18. The first-order valence-electron chi connectivity index (χ1n) is 5.94. The van der Waals surface area contributed by atoms with Crippen LogP contribution >= 0.6 is 0 Å². The van der Waals surface area contributed by atoms with Gasteiger partial charge in [0.15, 0.2) is 0 Å². The Kier molecular flexibility index (Phi) is 5.67. The molecule has 0 aromatic heterocycles. The molecule has 0 saturated heterocycles. The molecule has 0 atom stereocenters. The van der Waals surface area contributed by atoms with Crippen molar-refractivity contribution in [2.24, 2.45) is 0 Å². The number of rotatable bonds is 4. The van der Waals surface area contributed by atoms with Crippen molar-refractivity contribution in [3.8, 4) is 0 Å². The Morgan fingerprint density at radius 3 is 2.60 bits per heavy atom. The first kappa shape index (κ1) is 15.6. The summed E-state index contributed by atoms with van der Waals surface area (Å²) in [4.78, 5) is 36.1. The molecule has 0 heterocycles. The number of nitrogen functional groups attached to an aromatic ring is 1. The molecule has 0 saturated carbocycles. The van der Waals surface area contributed by atoms with Crippen LogP contribution in [0.25, 0.3) is 0 Å². The molecule has 0 radical (unpaired) electrons. The van der Waals surface area contributed by atoms with Gasteiger partial charge in [-0.05, 0) is 18.2 Å². The summed E-state index contributed by atoms with van der Waals surface area (Å²) in [6.07, 6.45) is 0. The number of carbonyl (C=O) groups excluding carboxylic acids is 3. The molecule has 0 aliphatic heterocycles. The van der Waals surface area contributed by atoms with E-state index in [4.69, 9.17) is 10.5 Å². The lowest BCUT2D eigenvalue weighted by Gasteiger charge is -2.18. The van der Waals surface area contributed by atoms with Crippen LogP contribution in [0.1, 0.15) is 6.92 Å². The molecular weight excluding hydrogens is 262 g/mol. The van der Waals surface area contributed by atoms with Crippen LogP contribution in [0.5, 0.6) is 0 Å². The minimum atomic E-state index is -0.959. The van der Waals surface area contributed by atoms with Crippen LogP contribution in [0, 0.1) is 0 Å². The third-order valence-corrected chi connectivity index (χ3v) is 2.43. The number of hydrogen-bond donors (Lipinski definition) is 2. The third kappa shape index (κ3) is 4.06. The van der Waals surface area contributed by atoms with E-state index in [0.717, 1.165) is 4.90 Å². The van der Waals surface area contributed by atoms with Crippen molar-refractivity contribution < 1.29 is 19.1 Å². The highest BCUT2D eigenvalue weighted by molar-refractivity contribution is 6.45. The summed E-state index contributed by atoms with van der Waals surface area (Å²) < 4.78 is 4.76. The molecule has 1 aromatic rings. The molecule has 108 valence electrons. The summed E-state index contributed by atoms with van der Waals surface area (Å²) in [5.41, 5.74) is 6.25. The molecule has 20 heavy (non-hydrogen) atoms. The summed E-state index contributed by atoms with van der Waals surface area (Å²) in [6.45, 7) is 1.66. The van der Waals surface area contributed by atoms with E-state index in [2.05, 4.69) is 5.32 Å². The predicted octanol–water partition coefficient (Wildman–Crippen LogP) is -0.0891. The van der Waals surface area contributed by atoms with E-state index in [1.54, 1.807) is 12.1 Å². The Morgan fingerprint density at radius 1 is 1.35 bits per heavy atom. The number of nitrogens with zero attached hydrogens (tertiary/aromatic N) is 1. The number of hydrogen-bond acceptors (Lipinski definition) is 5. The fourth-order valence-corrected chi connectivity index (χ4v) is 1.55. The molecule has 1 aromatic carbocycles. The zero-order valence-corrected chi connectivity index (χ0v) is 11.4. The van der Waals surface area contributed by atoms with Crippen molar-refractivity contribution in [2.45, 2.75) is 6.92 Å². The number of anilines is 2. The number of carbonyl (C=O) groups is 3. The summed E-state index contributed by atoms with van der Waals surface area (Å²) in [5.74, 6) is -2.40. The highest BCUT2D eigenvalue weighted by Gasteiger charge is 2.26. The second kappa shape index (κ2) is 7.25. The van der Waals surface area contributed by atoms with Crippen molar-refractivity contribution in [1.82, 2.24) is 5.32 Å². The summed E-state index contributed by atoms with van der Waals surface area (Å²) in [5, 5.41) is 2.36. The number of nitrogens with two attached hydrogens (primary N) is 1. The molecule has 3 N–H and O–H groups in total. The fourth-order valence-electron chi connectivity index (χ4n) is 1.55. The minimum Gasteiger partial charge on any atom is -0.399 e. The van der Waals surface area contributed by atoms with E-state index in [0.29, 0.717) is 5.69 Å². The zero-order chi connectivity index (χ0) is 15.1. The number of imide groups is 1. The van der Waals surface area contributed by atoms with Gasteiger partial charge in [0.1, 0.15) is 0 Å². The molecule has 0 aliphatic rings. The summed E-state index contributed by atoms with van der Waals surface area (Å²) >= 11 is 0. The van der Waals surface area contributed by atoms with Crippen molar-refractivity contribution in [3.05, 3.63) is 24.3 Å². The van der Waals surface area contributed by atoms with Gasteiger partial charge >= 0.3 is 11.8 Å². The van der Waals surface area contributed by atoms with Gasteiger partial charge < -0.3 is 15.8 Å². The molecule has 7 heteroatoms.